The van der Waals surface area contributed by atoms with Crippen molar-refractivity contribution in [2.45, 2.75) is 72.4 Å². The summed E-state index contributed by atoms with van der Waals surface area (Å²) in [7, 11) is 0. The molecule has 0 radical (unpaired) electrons. The molecule has 3 amide bonds. The molecule has 0 bridgehead atoms. The van der Waals surface area contributed by atoms with Crippen LogP contribution in [0.1, 0.15) is 69.6 Å². The van der Waals surface area contributed by atoms with Gasteiger partial charge in [0.15, 0.2) is 0 Å². The Morgan fingerprint density at radius 3 is 2.43 bits per heavy atom. The van der Waals surface area contributed by atoms with Crippen molar-refractivity contribution in [1.29, 1.82) is 0 Å². The van der Waals surface area contributed by atoms with Crippen LogP contribution in [0.4, 0.5) is 10.2 Å². The molecule has 8 nitrogen and oxygen atoms in total. The number of halogens is 1. The second-order valence-electron chi connectivity index (χ2n) is 12.1. The van der Waals surface area contributed by atoms with Crippen LogP contribution in [0.3, 0.4) is 0 Å². The molecule has 198 valence electrons. The number of pyridine rings is 1. The molecular weight excluding hydrogens is 473 g/mol. The average Bonchev–Trinajstić information content (AvgIpc) is 3.52. The smallest absolute Gasteiger partial charge is 0.265 e. The first-order valence-electron chi connectivity index (χ1n) is 13.2. The first kappa shape index (κ1) is 25.4. The Morgan fingerprint density at radius 2 is 1.81 bits per heavy atom. The van der Waals surface area contributed by atoms with E-state index in [4.69, 9.17) is 5.73 Å². The third-order valence-electron chi connectivity index (χ3n) is 8.65. The number of carbonyl (C=O) groups is 3. The van der Waals surface area contributed by atoms with Crippen LogP contribution in [0, 0.1) is 34.9 Å². The van der Waals surface area contributed by atoms with Gasteiger partial charge in [0.1, 0.15) is 17.3 Å². The number of fused-ring (bicyclic) bond motifs is 2. The van der Waals surface area contributed by atoms with Crippen molar-refractivity contribution in [3.63, 3.8) is 0 Å². The molecule has 2 aromatic rings. The summed E-state index contributed by atoms with van der Waals surface area (Å²) in [6.45, 7) is 8.43. The topological polar surface area (TPSA) is 119 Å². The minimum Gasteiger partial charge on any atom is -0.364 e. The van der Waals surface area contributed by atoms with Gasteiger partial charge in [0.05, 0.1) is 6.20 Å². The van der Waals surface area contributed by atoms with Gasteiger partial charge in [-0.1, -0.05) is 13.8 Å². The molecule has 3 heterocycles. The molecule has 0 spiro atoms. The van der Waals surface area contributed by atoms with E-state index in [1.54, 1.807) is 19.1 Å². The number of nitrogens with zero attached hydrogens (tertiary/aromatic N) is 2. The highest BCUT2D eigenvalue weighted by molar-refractivity contribution is 5.95. The van der Waals surface area contributed by atoms with Crippen molar-refractivity contribution in [2.24, 2.45) is 34.8 Å². The van der Waals surface area contributed by atoms with Crippen LogP contribution < -0.4 is 16.4 Å². The van der Waals surface area contributed by atoms with Crippen molar-refractivity contribution in [2.75, 3.05) is 5.32 Å². The molecule has 3 aliphatic rings. The van der Waals surface area contributed by atoms with Gasteiger partial charge in [-0.2, -0.15) is 0 Å². The minimum atomic E-state index is -0.548. The molecule has 9 heteroatoms. The zero-order chi connectivity index (χ0) is 26.6. The van der Waals surface area contributed by atoms with Crippen LogP contribution in [0.15, 0.2) is 18.3 Å². The first-order valence-corrected chi connectivity index (χ1v) is 13.2. The lowest BCUT2D eigenvalue weighted by atomic mass is 9.89. The Hall–Kier alpha value is -3.23. The Labute approximate surface area is 216 Å². The Kier molecular flexibility index (Phi) is 6.36. The van der Waals surface area contributed by atoms with Crippen molar-refractivity contribution in [3.05, 3.63) is 35.5 Å². The van der Waals surface area contributed by atoms with Crippen LogP contribution in [0.25, 0.3) is 11.1 Å². The fraction of sp³-hybridized carbons (Fsp3) is 0.571. The van der Waals surface area contributed by atoms with Crippen LogP contribution in [0.2, 0.25) is 0 Å². The lowest BCUT2D eigenvalue weighted by Crippen LogP contribution is -2.36. The second-order valence-corrected chi connectivity index (χ2v) is 12.1. The Balaban J connectivity index is 1.30. The van der Waals surface area contributed by atoms with E-state index in [1.165, 1.54) is 0 Å². The monoisotopic (exact) mass is 509 g/mol. The number of anilines is 1. The molecule has 37 heavy (non-hydrogen) atoms. The largest absolute Gasteiger partial charge is 0.364 e. The third kappa shape index (κ3) is 4.88. The maximum absolute atomic E-state index is 15.0. The van der Waals surface area contributed by atoms with Gasteiger partial charge in [0.2, 0.25) is 11.8 Å². The predicted octanol–water partition coefficient (Wildman–Crippen LogP) is 3.89. The highest BCUT2D eigenvalue weighted by Crippen LogP contribution is 2.50. The summed E-state index contributed by atoms with van der Waals surface area (Å²) >= 11 is 0. The summed E-state index contributed by atoms with van der Waals surface area (Å²) in [5, 5.41) is 5.92. The molecular formula is C28H36FN5O3. The molecule has 1 unspecified atom stereocenters. The number of nitrogens with two attached hydrogens (primary N) is 1. The fourth-order valence-corrected chi connectivity index (χ4v) is 7.00. The molecule has 1 aliphatic heterocycles. The average molecular weight is 510 g/mol. The molecule has 4 N–H and O–H groups in total. The Bertz CT molecular complexity index is 1250. The lowest BCUT2D eigenvalue weighted by molar-refractivity contribution is -0.120. The zero-order valence-corrected chi connectivity index (χ0v) is 21.9. The van der Waals surface area contributed by atoms with Gasteiger partial charge < -0.3 is 20.9 Å². The molecule has 5 atom stereocenters. The van der Waals surface area contributed by atoms with Gasteiger partial charge in [-0.05, 0) is 74.3 Å². The highest BCUT2D eigenvalue weighted by Gasteiger charge is 2.45. The summed E-state index contributed by atoms with van der Waals surface area (Å²) in [5.74, 6) is 0.442. The second kappa shape index (κ2) is 9.26. The van der Waals surface area contributed by atoms with Gasteiger partial charge in [0.25, 0.3) is 5.91 Å². The van der Waals surface area contributed by atoms with E-state index in [-0.39, 0.29) is 29.2 Å². The van der Waals surface area contributed by atoms with Gasteiger partial charge >= 0.3 is 0 Å². The number of hydrogen-bond acceptors (Lipinski definition) is 4. The summed E-state index contributed by atoms with van der Waals surface area (Å²) in [6.07, 6.45) is 5.48. The number of nitrogens with one attached hydrogen (secondary N) is 2. The molecule has 2 saturated carbocycles. The van der Waals surface area contributed by atoms with Crippen molar-refractivity contribution in [3.8, 4) is 11.1 Å². The van der Waals surface area contributed by atoms with Gasteiger partial charge in [0, 0.05) is 42.2 Å². The third-order valence-corrected chi connectivity index (χ3v) is 8.65. The number of hydrogen-bond donors (Lipinski definition) is 3. The van der Waals surface area contributed by atoms with E-state index in [0.29, 0.717) is 53.4 Å². The summed E-state index contributed by atoms with van der Waals surface area (Å²) in [5.41, 5.74) is 7.69. The number of aromatic nitrogens is 2. The summed E-state index contributed by atoms with van der Waals surface area (Å²) < 4.78 is 16.9. The van der Waals surface area contributed by atoms with Crippen molar-refractivity contribution in [1.82, 2.24) is 14.9 Å². The van der Waals surface area contributed by atoms with E-state index in [2.05, 4.69) is 36.4 Å². The van der Waals surface area contributed by atoms with Gasteiger partial charge in [-0.25, -0.2) is 9.37 Å². The summed E-state index contributed by atoms with van der Waals surface area (Å²) in [4.78, 5) is 40.7. The van der Waals surface area contributed by atoms with E-state index < -0.39 is 11.7 Å². The molecule has 5 rings (SSSR count). The van der Waals surface area contributed by atoms with E-state index in [9.17, 15) is 18.8 Å². The first-order chi connectivity index (χ1) is 17.4. The maximum Gasteiger partial charge on any atom is 0.265 e. The van der Waals surface area contributed by atoms with Gasteiger partial charge in [-0.3, -0.25) is 14.4 Å². The molecule has 0 aromatic carbocycles. The number of amides is 3. The van der Waals surface area contributed by atoms with Crippen molar-refractivity contribution >= 4 is 23.5 Å². The van der Waals surface area contributed by atoms with Gasteiger partial charge in [-0.15, -0.1) is 0 Å². The van der Waals surface area contributed by atoms with Crippen LogP contribution in [-0.4, -0.2) is 33.3 Å². The molecule has 2 aromatic heterocycles. The fourth-order valence-electron chi connectivity index (χ4n) is 7.00. The lowest BCUT2D eigenvalue weighted by Gasteiger charge is -2.21. The standard InChI is InChI=1S/C28H36FN5O3/c1-14(32-15(2)35)16-5-17-7-19(8-18(17)6-16)27(37)33-25-10-20(22(29)12-31-25)21-9-23(26(30)36)34-13-28(3,4)11-24(21)34/h9-10,12,14,16-19H,5-8,11,13H2,1-4H3,(H2,30,36)(H,32,35)(H,31,33,37)/t14?,16-,17+,18-,19+. The Morgan fingerprint density at radius 1 is 1.14 bits per heavy atom. The molecule has 2 aliphatic carbocycles. The SMILES string of the molecule is CC(=O)NC(C)[C@@H]1C[C@H]2C[C@H](C(=O)Nc3cc(-c4cc(C(N)=O)n5c4CC(C)(C)C5)c(F)cn3)C[C@H]2C1. The maximum atomic E-state index is 15.0. The predicted molar refractivity (Wildman–Crippen MR) is 138 cm³/mol. The number of primary amides is 1. The molecule has 0 saturated heterocycles. The van der Waals surface area contributed by atoms with E-state index in [0.717, 1.165) is 37.6 Å². The summed E-state index contributed by atoms with van der Waals surface area (Å²) in [6, 6.07) is 3.35. The van der Waals surface area contributed by atoms with Crippen molar-refractivity contribution < 1.29 is 18.8 Å². The van der Waals surface area contributed by atoms with Crippen LogP contribution in [0.5, 0.6) is 0 Å². The quantitative estimate of drug-likeness (QED) is 0.547. The normalized spacial score (nSPS) is 26.4. The van der Waals surface area contributed by atoms with Crippen LogP contribution in [-0.2, 0) is 22.6 Å². The zero-order valence-electron chi connectivity index (χ0n) is 21.9. The number of carbonyl (C=O) groups excluding carboxylic acids is 3. The minimum absolute atomic E-state index is 0.00663. The number of rotatable bonds is 6. The molecule has 2 fully saturated rings. The van der Waals surface area contributed by atoms with E-state index >= 15 is 0 Å². The van der Waals surface area contributed by atoms with E-state index in [1.807, 2.05) is 4.57 Å². The highest BCUT2D eigenvalue weighted by atomic mass is 19.1. The van der Waals surface area contributed by atoms with Crippen LogP contribution >= 0.6 is 0 Å².